The van der Waals surface area contributed by atoms with Gasteiger partial charge in [0.2, 0.25) is 0 Å². The third-order valence-corrected chi connectivity index (χ3v) is 7.70. The van der Waals surface area contributed by atoms with Crippen LogP contribution in [-0.2, 0) is 17.9 Å². The smallest absolute Gasteiger partial charge is 0.296 e. The van der Waals surface area contributed by atoms with E-state index in [0.29, 0.717) is 0 Å². The molecule has 30 heavy (non-hydrogen) atoms. The lowest BCUT2D eigenvalue weighted by molar-refractivity contribution is -0.643. The summed E-state index contributed by atoms with van der Waals surface area (Å²) in [7, 11) is 2.16. The zero-order valence-electron chi connectivity index (χ0n) is 19.6. The molecular weight excluding hydrogens is 370 g/mol. The fraction of sp³-hybridized carbons (Fsp3) is 0.462. The Bertz CT molecular complexity index is 1370. The van der Waals surface area contributed by atoms with Gasteiger partial charge in [0.15, 0.2) is 5.69 Å². The zero-order chi connectivity index (χ0) is 21.7. The van der Waals surface area contributed by atoms with Gasteiger partial charge < -0.3 is 4.74 Å². The molecule has 0 radical (unpaired) electrons. The van der Waals surface area contributed by atoms with Crippen LogP contribution >= 0.6 is 0 Å². The second-order valence-corrected chi connectivity index (χ2v) is 10.3. The van der Waals surface area contributed by atoms with Crippen molar-refractivity contribution in [3.8, 4) is 5.75 Å². The van der Waals surface area contributed by atoms with Crippen LogP contribution in [0.1, 0.15) is 63.9 Å². The van der Waals surface area contributed by atoms with Crippen LogP contribution in [0.15, 0.2) is 24.5 Å². The molecule has 4 nitrogen and oxygen atoms in total. The molecule has 1 aliphatic heterocycles. The number of imidazole rings is 1. The molecule has 0 aliphatic carbocycles. The zero-order valence-corrected chi connectivity index (χ0v) is 19.6. The van der Waals surface area contributed by atoms with E-state index < -0.39 is 0 Å². The lowest BCUT2D eigenvalue weighted by Crippen LogP contribution is -2.44. The molecule has 1 aromatic carbocycles. The number of hydrogen-bond donors (Lipinski definition) is 0. The SMILES string of the molecule is Cc1ccc2c3c1c1ncc(OC(C)C)c(C)c1c1n3c(c[n+]1C)C(C)(C)C2(C)C. The normalized spacial score (nSPS) is 17.0. The molecule has 5 rings (SSSR count). The summed E-state index contributed by atoms with van der Waals surface area (Å²) in [5.41, 5.74) is 8.72. The highest BCUT2D eigenvalue weighted by Crippen LogP contribution is 2.51. The van der Waals surface area contributed by atoms with E-state index >= 15 is 0 Å². The average Bonchev–Trinajstić information content (AvgIpc) is 3.00. The van der Waals surface area contributed by atoms with Gasteiger partial charge in [0.05, 0.1) is 35.6 Å². The van der Waals surface area contributed by atoms with Crippen LogP contribution in [0.4, 0.5) is 0 Å². The standard InChI is InChI=1S/C26H32N3O/c1-14(2)30-18-12-27-22-20-15(3)10-11-17-23(20)29-19(26(7,8)25(17,5)6)13-28(9)24(29)21(22)16(18)4/h10-14H,1-9H3/q+1. The Balaban J connectivity index is 2.13. The number of nitrogens with zero attached hydrogens (tertiary/aromatic N) is 3. The van der Waals surface area contributed by atoms with Gasteiger partial charge in [-0.3, -0.25) is 4.98 Å². The van der Waals surface area contributed by atoms with Gasteiger partial charge in [-0.2, -0.15) is 4.40 Å². The first-order chi connectivity index (χ1) is 14.0. The van der Waals surface area contributed by atoms with Gasteiger partial charge in [0, 0.05) is 22.0 Å². The summed E-state index contributed by atoms with van der Waals surface area (Å²) in [6.45, 7) is 18.0. The predicted molar refractivity (Wildman–Crippen MR) is 123 cm³/mol. The largest absolute Gasteiger partial charge is 0.489 e. The highest BCUT2D eigenvalue weighted by Gasteiger charge is 2.50. The van der Waals surface area contributed by atoms with Crippen molar-refractivity contribution in [1.82, 2.24) is 9.38 Å². The van der Waals surface area contributed by atoms with Crippen LogP contribution in [0.3, 0.4) is 0 Å². The van der Waals surface area contributed by atoms with Gasteiger partial charge in [0.1, 0.15) is 17.5 Å². The van der Waals surface area contributed by atoms with Crippen molar-refractivity contribution in [3.63, 3.8) is 0 Å². The highest BCUT2D eigenvalue weighted by atomic mass is 16.5. The van der Waals surface area contributed by atoms with Crippen molar-refractivity contribution >= 4 is 27.5 Å². The molecule has 0 fully saturated rings. The van der Waals surface area contributed by atoms with E-state index in [2.05, 4.69) is 89.7 Å². The molecule has 0 N–H and O–H groups in total. The van der Waals surface area contributed by atoms with Crippen molar-refractivity contribution in [3.05, 3.63) is 46.9 Å². The molecule has 156 valence electrons. The van der Waals surface area contributed by atoms with Crippen LogP contribution in [0, 0.1) is 13.8 Å². The molecule has 0 spiro atoms. The van der Waals surface area contributed by atoms with E-state index in [0.717, 1.165) is 16.8 Å². The van der Waals surface area contributed by atoms with Crippen LogP contribution < -0.4 is 9.30 Å². The molecule has 4 aromatic rings. The Morgan fingerprint density at radius 2 is 1.73 bits per heavy atom. The molecule has 4 heterocycles. The topological polar surface area (TPSA) is 30.4 Å². The number of fused-ring (bicyclic) bond motifs is 3. The van der Waals surface area contributed by atoms with Crippen molar-refractivity contribution in [2.45, 2.75) is 72.3 Å². The number of pyridine rings is 2. The van der Waals surface area contributed by atoms with Gasteiger partial charge in [-0.15, -0.1) is 0 Å². The van der Waals surface area contributed by atoms with Gasteiger partial charge >= 0.3 is 0 Å². The molecule has 0 unspecified atom stereocenters. The van der Waals surface area contributed by atoms with Crippen molar-refractivity contribution < 1.29 is 9.30 Å². The molecule has 3 aromatic heterocycles. The molecule has 0 amide bonds. The molecule has 0 saturated carbocycles. The molecule has 0 atom stereocenters. The van der Waals surface area contributed by atoms with Gasteiger partial charge in [-0.25, -0.2) is 4.57 Å². The van der Waals surface area contributed by atoms with Crippen molar-refractivity contribution in [2.24, 2.45) is 7.05 Å². The summed E-state index contributed by atoms with van der Waals surface area (Å²) >= 11 is 0. The fourth-order valence-electron chi connectivity index (χ4n) is 5.34. The number of aromatic nitrogens is 3. The highest BCUT2D eigenvalue weighted by molar-refractivity contribution is 6.13. The lowest BCUT2D eigenvalue weighted by Gasteiger charge is -2.43. The quantitative estimate of drug-likeness (QED) is 0.330. The van der Waals surface area contributed by atoms with E-state index in [9.17, 15) is 0 Å². The van der Waals surface area contributed by atoms with E-state index in [-0.39, 0.29) is 16.9 Å². The number of aryl methyl sites for hydroxylation is 3. The van der Waals surface area contributed by atoms with Crippen LogP contribution in [-0.4, -0.2) is 15.5 Å². The first-order valence-corrected chi connectivity index (χ1v) is 10.9. The first kappa shape index (κ1) is 19.3. The minimum Gasteiger partial charge on any atom is -0.489 e. The third kappa shape index (κ3) is 2.12. The first-order valence-electron chi connectivity index (χ1n) is 10.9. The maximum Gasteiger partial charge on any atom is 0.296 e. The Hall–Kier alpha value is -2.62. The second kappa shape index (κ2) is 5.75. The summed E-state index contributed by atoms with van der Waals surface area (Å²) < 4.78 is 10.9. The van der Waals surface area contributed by atoms with E-state index in [1.807, 2.05) is 6.20 Å². The van der Waals surface area contributed by atoms with E-state index in [1.54, 1.807) is 0 Å². The maximum atomic E-state index is 6.12. The van der Waals surface area contributed by atoms with Gasteiger partial charge in [-0.1, -0.05) is 39.8 Å². The van der Waals surface area contributed by atoms with E-state index in [4.69, 9.17) is 9.72 Å². The second-order valence-electron chi connectivity index (χ2n) is 10.3. The molecule has 1 aliphatic rings. The van der Waals surface area contributed by atoms with Crippen LogP contribution in [0.25, 0.3) is 27.5 Å². The fourth-order valence-corrected chi connectivity index (χ4v) is 5.34. The molecular formula is C26H32N3O+. The molecule has 4 heteroatoms. The Labute approximate surface area is 178 Å². The van der Waals surface area contributed by atoms with Crippen molar-refractivity contribution in [1.29, 1.82) is 0 Å². The summed E-state index contributed by atoms with van der Waals surface area (Å²) in [5, 5.41) is 2.44. The number of benzene rings is 1. The average molecular weight is 403 g/mol. The Kier molecular flexibility index (Phi) is 3.71. The van der Waals surface area contributed by atoms with Gasteiger partial charge in [-0.05, 0) is 33.3 Å². The number of rotatable bonds is 2. The monoisotopic (exact) mass is 402 g/mol. The number of hydrogen-bond acceptors (Lipinski definition) is 2. The minimum atomic E-state index is -0.0204. The Morgan fingerprint density at radius 3 is 2.40 bits per heavy atom. The van der Waals surface area contributed by atoms with Crippen LogP contribution in [0.2, 0.25) is 0 Å². The minimum absolute atomic E-state index is 0.00332. The third-order valence-electron chi connectivity index (χ3n) is 7.70. The summed E-state index contributed by atoms with van der Waals surface area (Å²) in [5.74, 6) is 0.868. The van der Waals surface area contributed by atoms with E-state index in [1.165, 1.54) is 38.8 Å². The molecule has 0 bridgehead atoms. The summed E-state index contributed by atoms with van der Waals surface area (Å²) in [6.07, 6.45) is 4.34. The summed E-state index contributed by atoms with van der Waals surface area (Å²) in [6, 6.07) is 4.60. The molecule has 0 saturated heterocycles. The number of ether oxygens (including phenoxy) is 1. The van der Waals surface area contributed by atoms with Gasteiger partial charge in [0.25, 0.3) is 5.65 Å². The maximum absolute atomic E-state index is 6.12. The lowest BCUT2D eigenvalue weighted by atomic mass is 9.60. The summed E-state index contributed by atoms with van der Waals surface area (Å²) in [4.78, 5) is 4.98. The Morgan fingerprint density at radius 1 is 1.03 bits per heavy atom. The predicted octanol–water partition coefficient (Wildman–Crippen LogP) is 5.44. The van der Waals surface area contributed by atoms with Crippen molar-refractivity contribution in [2.75, 3.05) is 0 Å². The van der Waals surface area contributed by atoms with Crippen LogP contribution in [0.5, 0.6) is 5.75 Å².